The van der Waals surface area contributed by atoms with Crippen LogP contribution in [0.2, 0.25) is 0 Å². The third kappa shape index (κ3) is 7.11. The second-order valence-electron chi connectivity index (χ2n) is 5.76. The summed E-state index contributed by atoms with van der Waals surface area (Å²) in [7, 11) is 3.35. The predicted molar refractivity (Wildman–Crippen MR) is 118 cm³/mol. The summed E-state index contributed by atoms with van der Waals surface area (Å²) in [5.74, 6) is 2.51. The van der Waals surface area contributed by atoms with Crippen LogP contribution in [-0.2, 0) is 13.1 Å². The van der Waals surface area contributed by atoms with E-state index in [4.69, 9.17) is 9.47 Å². The number of hydrogen-bond donors (Lipinski definition) is 2. The predicted octanol–water partition coefficient (Wildman–Crippen LogP) is 3.89. The smallest absolute Gasteiger partial charge is 0.191 e. The molecule has 0 saturated heterocycles. The summed E-state index contributed by atoms with van der Waals surface area (Å²) in [5, 5.41) is 6.63. The van der Waals surface area contributed by atoms with Crippen molar-refractivity contribution in [2.24, 2.45) is 4.99 Å². The Kier molecular flexibility index (Phi) is 9.87. The van der Waals surface area contributed by atoms with E-state index in [1.165, 1.54) is 11.1 Å². The number of ether oxygens (including phenoxy) is 2. The van der Waals surface area contributed by atoms with Crippen molar-refractivity contribution in [2.75, 3.05) is 20.8 Å². The van der Waals surface area contributed by atoms with Gasteiger partial charge in [0.25, 0.3) is 0 Å². The van der Waals surface area contributed by atoms with Crippen molar-refractivity contribution >= 4 is 29.9 Å². The van der Waals surface area contributed by atoms with Gasteiger partial charge in [0, 0.05) is 13.1 Å². The molecule has 2 N–H and O–H groups in total. The van der Waals surface area contributed by atoms with Gasteiger partial charge in [0.1, 0.15) is 11.5 Å². The molecule has 2 aromatic rings. The van der Waals surface area contributed by atoms with Crippen LogP contribution in [0.1, 0.15) is 23.6 Å². The Morgan fingerprint density at radius 1 is 0.923 bits per heavy atom. The molecule has 0 unspecified atom stereocenters. The molecule has 0 bridgehead atoms. The molecule has 0 aromatic heterocycles. The van der Waals surface area contributed by atoms with E-state index in [1.54, 1.807) is 14.2 Å². The number of halogens is 1. The number of hydrogen-bond acceptors (Lipinski definition) is 3. The molecular weight excluding hydrogens is 441 g/mol. The largest absolute Gasteiger partial charge is 0.497 e. The summed E-state index contributed by atoms with van der Waals surface area (Å²) in [6, 6.07) is 14.2. The molecule has 142 valence electrons. The van der Waals surface area contributed by atoms with Crippen molar-refractivity contribution in [2.45, 2.75) is 26.9 Å². The molecule has 0 saturated carbocycles. The lowest BCUT2D eigenvalue weighted by molar-refractivity contribution is 0.414. The first kappa shape index (κ1) is 22.1. The highest BCUT2D eigenvalue weighted by atomic mass is 127. The first-order valence-corrected chi connectivity index (χ1v) is 8.44. The Morgan fingerprint density at radius 3 is 2.23 bits per heavy atom. The molecule has 0 aliphatic carbocycles. The van der Waals surface area contributed by atoms with Crippen molar-refractivity contribution < 1.29 is 9.47 Å². The zero-order chi connectivity index (χ0) is 18.1. The minimum atomic E-state index is 0. The maximum Gasteiger partial charge on any atom is 0.191 e. The molecule has 0 fully saturated rings. The number of aryl methyl sites for hydroxylation is 1. The fourth-order valence-electron chi connectivity index (χ4n) is 2.47. The third-order valence-corrected chi connectivity index (χ3v) is 3.73. The molecule has 2 aromatic carbocycles. The third-order valence-electron chi connectivity index (χ3n) is 3.73. The number of methoxy groups -OCH3 is 2. The summed E-state index contributed by atoms with van der Waals surface area (Å²) in [4.78, 5) is 4.66. The van der Waals surface area contributed by atoms with Gasteiger partial charge < -0.3 is 20.1 Å². The van der Waals surface area contributed by atoms with Gasteiger partial charge in [-0.15, -0.1) is 24.0 Å². The van der Waals surface area contributed by atoms with Crippen molar-refractivity contribution in [3.05, 3.63) is 59.2 Å². The van der Waals surface area contributed by atoms with Crippen LogP contribution in [0.4, 0.5) is 0 Å². The average Bonchev–Trinajstić information content (AvgIpc) is 2.64. The maximum atomic E-state index is 5.32. The second-order valence-corrected chi connectivity index (χ2v) is 5.76. The molecule has 6 heteroatoms. The van der Waals surface area contributed by atoms with E-state index in [9.17, 15) is 0 Å². The van der Waals surface area contributed by atoms with Crippen LogP contribution in [-0.4, -0.2) is 26.7 Å². The van der Waals surface area contributed by atoms with Gasteiger partial charge in [-0.2, -0.15) is 0 Å². The summed E-state index contributed by atoms with van der Waals surface area (Å²) in [5.41, 5.74) is 3.46. The number of guanidine groups is 1. The van der Waals surface area contributed by atoms with Crippen LogP contribution in [0.3, 0.4) is 0 Å². The van der Waals surface area contributed by atoms with Crippen LogP contribution in [0.25, 0.3) is 0 Å². The summed E-state index contributed by atoms with van der Waals surface area (Å²) < 4.78 is 10.5. The Balaban J connectivity index is 0.00000338. The minimum absolute atomic E-state index is 0. The number of nitrogens with zero attached hydrogens (tertiary/aromatic N) is 1. The van der Waals surface area contributed by atoms with Gasteiger partial charge in [-0.3, -0.25) is 0 Å². The molecular formula is C20H28IN3O2. The van der Waals surface area contributed by atoms with Gasteiger partial charge in [0.15, 0.2) is 5.96 Å². The lowest BCUT2D eigenvalue weighted by atomic mass is 10.1. The fraction of sp³-hybridized carbons (Fsp3) is 0.350. The van der Waals surface area contributed by atoms with Gasteiger partial charge in [-0.1, -0.05) is 18.2 Å². The van der Waals surface area contributed by atoms with Crippen LogP contribution >= 0.6 is 24.0 Å². The first-order chi connectivity index (χ1) is 12.1. The van der Waals surface area contributed by atoms with Crippen LogP contribution in [0.15, 0.2) is 47.5 Å². The van der Waals surface area contributed by atoms with Crippen LogP contribution < -0.4 is 20.1 Å². The van der Waals surface area contributed by atoms with E-state index in [1.807, 2.05) is 36.4 Å². The number of rotatable bonds is 7. The summed E-state index contributed by atoms with van der Waals surface area (Å²) in [6.45, 7) is 6.22. The molecule has 5 nitrogen and oxygen atoms in total. The molecule has 0 heterocycles. The standard InChI is InChI=1S/C20H27N3O2.HI/c1-5-21-20(22-13-16-6-8-18(24-3)9-7-16)23-14-17-10-15(2)11-19(12-17)25-4;/h6-12H,5,13-14H2,1-4H3,(H2,21,22,23);1H. The van der Waals surface area contributed by atoms with E-state index >= 15 is 0 Å². The minimum Gasteiger partial charge on any atom is -0.497 e. The zero-order valence-electron chi connectivity index (χ0n) is 15.8. The highest BCUT2D eigenvalue weighted by Gasteiger charge is 2.01. The second kappa shape index (κ2) is 11.6. The van der Waals surface area contributed by atoms with Gasteiger partial charge in [0.2, 0.25) is 0 Å². The van der Waals surface area contributed by atoms with Gasteiger partial charge >= 0.3 is 0 Å². The quantitative estimate of drug-likeness (QED) is 0.367. The lowest BCUT2D eigenvalue weighted by Crippen LogP contribution is -2.36. The Bertz CT molecular complexity index is 703. The average molecular weight is 469 g/mol. The lowest BCUT2D eigenvalue weighted by Gasteiger charge is -2.12. The molecule has 0 radical (unpaired) electrons. The molecule has 0 amide bonds. The van der Waals surface area contributed by atoms with Crippen molar-refractivity contribution in [3.8, 4) is 11.5 Å². The van der Waals surface area contributed by atoms with Gasteiger partial charge in [-0.05, 0) is 54.8 Å². The number of nitrogens with one attached hydrogen (secondary N) is 2. The fourth-order valence-corrected chi connectivity index (χ4v) is 2.47. The zero-order valence-corrected chi connectivity index (χ0v) is 18.2. The van der Waals surface area contributed by atoms with E-state index in [0.29, 0.717) is 13.1 Å². The van der Waals surface area contributed by atoms with Crippen molar-refractivity contribution in [3.63, 3.8) is 0 Å². The number of aliphatic imine (C=N–C) groups is 1. The summed E-state index contributed by atoms with van der Waals surface area (Å²) >= 11 is 0. The van der Waals surface area contributed by atoms with E-state index in [2.05, 4.69) is 35.5 Å². The topological polar surface area (TPSA) is 54.9 Å². The molecule has 2 rings (SSSR count). The van der Waals surface area contributed by atoms with Gasteiger partial charge in [-0.25, -0.2) is 4.99 Å². The van der Waals surface area contributed by atoms with Gasteiger partial charge in [0.05, 0.1) is 20.8 Å². The highest BCUT2D eigenvalue weighted by molar-refractivity contribution is 14.0. The van der Waals surface area contributed by atoms with E-state index < -0.39 is 0 Å². The monoisotopic (exact) mass is 469 g/mol. The van der Waals surface area contributed by atoms with E-state index in [-0.39, 0.29) is 24.0 Å². The Labute approximate surface area is 173 Å². The maximum absolute atomic E-state index is 5.32. The Morgan fingerprint density at radius 2 is 1.62 bits per heavy atom. The normalized spacial score (nSPS) is 10.7. The highest BCUT2D eigenvalue weighted by Crippen LogP contribution is 2.17. The van der Waals surface area contributed by atoms with Crippen LogP contribution in [0.5, 0.6) is 11.5 Å². The summed E-state index contributed by atoms with van der Waals surface area (Å²) in [6.07, 6.45) is 0. The Hall–Kier alpha value is -1.96. The van der Waals surface area contributed by atoms with Crippen molar-refractivity contribution in [1.82, 2.24) is 10.6 Å². The molecule has 0 spiro atoms. The molecule has 0 aliphatic rings. The SMILES string of the molecule is CCNC(=NCc1cc(C)cc(OC)c1)NCc1ccc(OC)cc1.I. The molecule has 0 aliphatic heterocycles. The first-order valence-electron chi connectivity index (χ1n) is 8.44. The molecule has 0 atom stereocenters. The van der Waals surface area contributed by atoms with Crippen LogP contribution in [0, 0.1) is 6.92 Å². The number of benzene rings is 2. The van der Waals surface area contributed by atoms with Crippen molar-refractivity contribution in [1.29, 1.82) is 0 Å². The van der Waals surface area contributed by atoms with E-state index in [0.717, 1.165) is 29.6 Å². The molecule has 26 heavy (non-hydrogen) atoms.